The summed E-state index contributed by atoms with van der Waals surface area (Å²) in [5, 5.41) is 14.4. The van der Waals surface area contributed by atoms with Gasteiger partial charge in [0, 0.05) is 5.56 Å². The van der Waals surface area contributed by atoms with E-state index in [-0.39, 0.29) is 6.61 Å². The summed E-state index contributed by atoms with van der Waals surface area (Å²) in [5.41, 5.74) is 4.67. The van der Waals surface area contributed by atoms with E-state index in [1.807, 2.05) is 25.1 Å². The van der Waals surface area contributed by atoms with E-state index in [1.165, 1.54) is 0 Å². The number of ether oxygens (including phenoxy) is 2. The summed E-state index contributed by atoms with van der Waals surface area (Å²) < 4.78 is 10.5. The lowest BCUT2D eigenvalue weighted by molar-refractivity contribution is -0.307. The molecular formula is C19H19N2O5-. The molecule has 0 spiro atoms. The molecule has 136 valence electrons. The fourth-order valence-electron chi connectivity index (χ4n) is 2.05. The zero-order valence-corrected chi connectivity index (χ0v) is 14.5. The average Bonchev–Trinajstić information content (AvgIpc) is 2.63. The number of nitrogens with one attached hydrogen (secondary N) is 1. The Morgan fingerprint density at radius 3 is 2.38 bits per heavy atom. The zero-order chi connectivity index (χ0) is 18.9. The Balaban J connectivity index is 1.89. The maximum absolute atomic E-state index is 11.8. The minimum atomic E-state index is -1.30. The van der Waals surface area contributed by atoms with Crippen molar-refractivity contribution < 1.29 is 24.2 Å². The van der Waals surface area contributed by atoms with Gasteiger partial charge < -0.3 is 19.4 Å². The molecule has 7 heteroatoms. The van der Waals surface area contributed by atoms with E-state index >= 15 is 0 Å². The van der Waals surface area contributed by atoms with Crippen molar-refractivity contribution in [2.75, 3.05) is 13.2 Å². The number of carboxylic acids is 1. The normalized spacial score (nSPS) is 10.9. The standard InChI is InChI=1S/C19H20N2O5/c1-13-5-3-7-16(9-13)25-11-18(22)21-20-14(2)15-6-4-8-17(10-15)26-12-19(23)24/h3-10H,11-12H2,1-2H3,(H,21,22)(H,23,24)/p-1/b20-14-. The van der Waals surface area contributed by atoms with Gasteiger partial charge in [-0.3, -0.25) is 4.79 Å². The molecule has 26 heavy (non-hydrogen) atoms. The number of aliphatic carboxylic acids is 1. The van der Waals surface area contributed by atoms with Crippen molar-refractivity contribution in [3.05, 3.63) is 59.7 Å². The Labute approximate surface area is 151 Å². The van der Waals surface area contributed by atoms with Crippen molar-refractivity contribution in [3.8, 4) is 11.5 Å². The molecule has 1 N–H and O–H groups in total. The number of hydrogen-bond donors (Lipinski definition) is 1. The van der Waals surface area contributed by atoms with E-state index in [4.69, 9.17) is 9.47 Å². The second-order valence-electron chi connectivity index (χ2n) is 5.53. The molecule has 2 rings (SSSR count). The van der Waals surface area contributed by atoms with Crippen LogP contribution in [0, 0.1) is 6.92 Å². The van der Waals surface area contributed by atoms with Gasteiger partial charge in [-0.25, -0.2) is 5.43 Å². The summed E-state index contributed by atoms with van der Waals surface area (Å²) in [7, 11) is 0. The van der Waals surface area contributed by atoms with Crippen LogP contribution >= 0.6 is 0 Å². The summed E-state index contributed by atoms with van der Waals surface area (Å²) >= 11 is 0. The molecule has 0 unspecified atom stereocenters. The second kappa shape index (κ2) is 9.22. The molecule has 0 aliphatic heterocycles. The van der Waals surface area contributed by atoms with E-state index in [0.717, 1.165) is 5.56 Å². The van der Waals surface area contributed by atoms with E-state index in [9.17, 15) is 14.7 Å². The summed E-state index contributed by atoms with van der Waals surface area (Å²) in [6, 6.07) is 14.1. The molecule has 0 aromatic heterocycles. The highest BCUT2D eigenvalue weighted by Gasteiger charge is 2.04. The second-order valence-corrected chi connectivity index (χ2v) is 5.53. The molecule has 0 saturated heterocycles. The highest BCUT2D eigenvalue weighted by molar-refractivity contribution is 5.99. The number of rotatable bonds is 8. The molecule has 0 saturated carbocycles. The molecule has 2 aromatic rings. The first-order valence-electron chi connectivity index (χ1n) is 7.90. The van der Waals surface area contributed by atoms with Gasteiger partial charge in [0.15, 0.2) is 6.61 Å². The van der Waals surface area contributed by atoms with E-state index < -0.39 is 18.5 Å². The van der Waals surface area contributed by atoms with Gasteiger partial charge in [0.1, 0.15) is 18.1 Å². The van der Waals surface area contributed by atoms with E-state index in [0.29, 0.717) is 22.8 Å². The third-order valence-electron chi connectivity index (χ3n) is 3.32. The van der Waals surface area contributed by atoms with Crippen molar-refractivity contribution >= 4 is 17.6 Å². The monoisotopic (exact) mass is 355 g/mol. The summed E-state index contributed by atoms with van der Waals surface area (Å²) in [6.45, 7) is 2.95. The predicted molar refractivity (Wildman–Crippen MR) is 94.0 cm³/mol. The van der Waals surface area contributed by atoms with Gasteiger partial charge in [-0.15, -0.1) is 0 Å². The van der Waals surface area contributed by atoms with Gasteiger partial charge in [-0.2, -0.15) is 5.10 Å². The Kier molecular flexibility index (Phi) is 6.73. The van der Waals surface area contributed by atoms with Crippen molar-refractivity contribution in [1.29, 1.82) is 0 Å². The zero-order valence-electron chi connectivity index (χ0n) is 14.5. The minimum Gasteiger partial charge on any atom is -0.546 e. The van der Waals surface area contributed by atoms with Crippen LogP contribution in [0.15, 0.2) is 53.6 Å². The van der Waals surface area contributed by atoms with Crippen LogP contribution in [0.25, 0.3) is 0 Å². The number of amides is 1. The minimum absolute atomic E-state index is 0.158. The molecule has 0 fully saturated rings. The molecule has 0 radical (unpaired) electrons. The lowest BCUT2D eigenvalue weighted by Gasteiger charge is -2.09. The molecule has 0 aliphatic rings. The maximum Gasteiger partial charge on any atom is 0.277 e. The number of carbonyl (C=O) groups is 2. The predicted octanol–water partition coefficient (Wildman–Crippen LogP) is 1.04. The smallest absolute Gasteiger partial charge is 0.277 e. The number of nitrogens with zero attached hydrogens (tertiary/aromatic N) is 1. The third-order valence-corrected chi connectivity index (χ3v) is 3.32. The van der Waals surface area contributed by atoms with Gasteiger partial charge in [-0.1, -0.05) is 24.3 Å². The first-order valence-corrected chi connectivity index (χ1v) is 7.90. The Hall–Kier alpha value is -3.35. The fraction of sp³-hybridized carbons (Fsp3) is 0.211. The largest absolute Gasteiger partial charge is 0.546 e. The number of hydrogen-bond acceptors (Lipinski definition) is 6. The van der Waals surface area contributed by atoms with Gasteiger partial charge >= 0.3 is 0 Å². The van der Waals surface area contributed by atoms with Gasteiger partial charge in [0.2, 0.25) is 0 Å². The topological polar surface area (TPSA) is 100 Å². The lowest BCUT2D eigenvalue weighted by Crippen LogP contribution is -2.29. The Bertz CT molecular complexity index is 817. The van der Waals surface area contributed by atoms with Crippen LogP contribution in [-0.2, 0) is 9.59 Å². The van der Waals surface area contributed by atoms with Crippen LogP contribution in [0.3, 0.4) is 0 Å². The van der Waals surface area contributed by atoms with Crippen LogP contribution in [-0.4, -0.2) is 30.8 Å². The van der Waals surface area contributed by atoms with Crippen LogP contribution in [0.5, 0.6) is 11.5 Å². The Morgan fingerprint density at radius 1 is 1.04 bits per heavy atom. The first kappa shape index (κ1) is 19.0. The van der Waals surface area contributed by atoms with Crippen LogP contribution in [0.2, 0.25) is 0 Å². The molecular weight excluding hydrogens is 336 g/mol. The molecule has 0 heterocycles. The summed E-state index contributed by atoms with van der Waals surface area (Å²) in [4.78, 5) is 22.3. The van der Waals surface area contributed by atoms with Crippen molar-refractivity contribution in [2.24, 2.45) is 5.10 Å². The van der Waals surface area contributed by atoms with E-state index in [2.05, 4.69) is 10.5 Å². The summed E-state index contributed by atoms with van der Waals surface area (Å²) in [5.74, 6) is -0.717. The van der Waals surface area contributed by atoms with Gasteiger partial charge in [0.05, 0.1) is 11.7 Å². The Morgan fingerprint density at radius 2 is 1.69 bits per heavy atom. The van der Waals surface area contributed by atoms with Crippen molar-refractivity contribution in [1.82, 2.24) is 5.43 Å². The van der Waals surface area contributed by atoms with Crippen LogP contribution < -0.4 is 20.0 Å². The molecule has 0 bridgehead atoms. The third kappa shape index (κ3) is 6.27. The molecule has 0 atom stereocenters. The van der Waals surface area contributed by atoms with E-state index in [1.54, 1.807) is 37.3 Å². The van der Waals surface area contributed by atoms with Gasteiger partial charge in [-0.05, 0) is 43.7 Å². The number of carbonyl (C=O) groups excluding carboxylic acids is 2. The average molecular weight is 355 g/mol. The molecule has 0 aliphatic carbocycles. The van der Waals surface area contributed by atoms with Crippen molar-refractivity contribution in [2.45, 2.75) is 13.8 Å². The molecule has 2 aromatic carbocycles. The van der Waals surface area contributed by atoms with Gasteiger partial charge in [0.25, 0.3) is 5.91 Å². The molecule has 7 nitrogen and oxygen atoms in total. The highest BCUT2D eigenvalue weighted by Crippen LogP contribution is 2.14. The number of aryl methyl sites for hydroxylation is 1. The quantitative estimate of drug-likeness (QED) is 0.563. The number of carboxylic acid groups (broad SMARTS) is 1. The van der Waals surface area contributed by atoms with Crippen molar-refractivity contribution in [3.63, 3.8) is 0 Å². The van der Waals surface area contributed by atoms with Crippen LogP contribution in [0.4, 0.5) is 0 Å². The fourth-order valence-corrected chi connectivity index (χ4v) is 2.05. The first-order chi connectivity index (χ1) is 12.4. The number of hydrazone groups is 1. The molecule has 1 amide bonds. The maximum atomic E-state index is 11.8. The lowest BCUT2D eigenvalue weighted by atomic mass is 10.1. The SMILES string of the molecule is C/C(=N/NC(=O)COc1cccc(C)c1)c1cccc(OCC(=O)[O-])c1. The van der Waals surface area contributed by atoms with Crippen LogP contribution in [0.1, 0.15) is 18.1 Å². The number of benzene rings is 2. The highest BCUT2D eigenvalue weighted by atomic mass is 16.5. The summed E-state index contributed by atoms with van der Waals surface area (Å²) in [6.07, 6.45) is 0.